The number of pyridine rings is 1. The highest BCUT2D eigenvalue weighted by atomic mass is 35.5. The molecule has 38 heavy (non-hydrogen) atoms. The Balaban J connectivity index is 1.41. The molecule has 1 aromatic carbocycles. The van der Waals surface area contributed by atoms with Gasteiger partial charge in [-0.3, -0.25) is 19.8 Å². The maximum Gasteiger partial charge on any atom is 0.311 e. The Morgan fingerprint density at radius 1 is 1.11 bits per heavy atom. The van der Waals surface area contributed by atoms with Gasteiger partial charge in [0.1, 0.15) is 5.82 Å². The lowest BCUT2D eigenvalue weighted by Gasteiger charge is -2.26. The van der Waals surface area contributed by atoms with E-state index in [1.54, 1.807) is 18.2 Å². The molecule has 0 spiro atoms. The lowest BCUT2D eigenvalue weighted by molar-refractivity contribution is -0.384. The van der Waals surface area contributed by atoms with E-state index in [1.165, 1.54) is 12.1 Å². The first kappa shape index (κ1) is 27.6. The zero-order valence-electron chi connectivity index (χ0n) is 20.7. The van der Waals surface area contributed by atoms with Crippen molar-refractivity contribution in [1.29, 1.82) is 0 Å². The molecule has 4 N–H and O–H groups in total. The third kappa shape index (κ3) is 7.13. The average molecular weight is 562 g/mol. The number of aromatic nitrogens is 2. The highest BCUT2D eigenvalue weighted by Crippen LogP contribution is 2.33. The van der Waals surface area contributed by atoms with Gasteiger partial charge in [-0.05, 0) is 24.6 Å². The number of rotatable bonds is 11. The fourth-order valence-electron chi connectivity index (χ4n) is 4.19. The topological polar surface area (TPSA) is 141 Å². The third-order valence-electron chi connectivity index (χ3n) is 6.16. The Kier molecular flexibility index (Phi) is 9.40. The van der Waals surface area contributed by atoms with Crippen LogP contribution in [0.1, 0.15) is 16.8 Å². The van der Waals surface area contributed by atoms with E-state index in [0.717, 1.165) is 25.2 Å². The molecule has 1 fully saturated rings. The summed E-state index contributed by atoms with van der Waals surface area (Å²) in [5, 5.41) is 18.0. The molecule has 1 aliphatic rings. The number of ether oxygens (including phenoxy) is 1. The average Bonchev–Trinajstić information content (AvgIpc) is 3.31. The van der Waals surface area contributed by atoms with E-state index < -0.39 is 4.92 Å². The first-order chi connectivity index (χ1) is 18.3. The molecule has 11 nitrogen and oxygen atoms in total. The number of nitrogens with one attached hydrogen (secondary N) is 2. The Labute approximate surface area is 230 Å². The van der Waals surface area contributed by atoms with E-state index in [9.17, 15) is 14.9 Å². The summed E-state index contributed by atoms with van der Waals surface area (Å²) in [7, 11) is 0. The summed E-state index contributed by atoms with van der Waals surface area (Å²) < 4.78 is 7.32. The van der Waals surface area contributed by atoms with Gasteiger partial charge in [0.2, 0.25) is 5.82 Å². The second-order valence-electron chi connectivity index (χ2n) is 8.80. The molecular formula is C25H29Cl2N7O4. The van der Waals surface area contributed by atoms with Gasteiger partial charge < -0.3 is 25.7 Å². The number of aryl methyl sites for hydroxylation is 1. The van der Waals surface area contributed by atoms with Crippen LogP contribution < -0.4 is 16.4 Å². The first-order valence-corrected chi connectivity index (χ1v) is 13.0. The highest BCUT2D eigenvalue weighted by Gasteiger charge is 2.19. The molecule has 13 heteroatoms. The normalized spacial score (nSPS) is 13.8. The molecule has 0 atom stereocenters. The summed E-state index contributed by atoms with van der Waals surface area (Å²) in [4.78, 5) is 29.8. The zero-order valence-corrected chi connectivity index (χ0v) is 22.2. The van der Waals surface area contributed by atoms with Gasteiger partial charge in [-0.1, -0.05) is 29.3 Å². The summed E-state index contributed by atoms with van der Waals surface area (Å²) in [6.07, 6.45) is 4.40. The predicted molar refractivity (Wildman–Crippen MR) is 148 cm³/mol. The monoisotopic (exact) mass is 561 g/mol. The molecule has 0 aliphatic carbocycles. The summed E-state index contributed by atoms with van der Waals surface area (Å²) in [6, 6.07) is 8.05. The number of carbonyl (C=O) groups excluding carboxylic acids is 1. The van der Waals surface area contributed by atoms with Crippen molar-refractivity contribution in [3.8, 4) is 11.1 Å². The van der Waals surface area contributed by atoms with Gasteiger partial charge in [0, 0.05) is 78.9 Å². The zero-order chi connectivity index (χ0) is 27.1. The number of nitro groups is 1. The standard InChI is InChI=1S/C25H29Cl2N7O4/c26-17-2-3-18(21(27)14-17)19-15-33(8-1-6-29-23-5-4-22(34(36)37)24(28)31-23)16-20(19)25(35)30-7-9-32-10-12-38-13-11-32/h2-5,14-16H,1,6-13H2,(H,30,35)(H3,28,29,31). The number of nitrogen functional groups attached to an aromatic ring is 1. The van der Waals surface area contributed by atoms with E-state index in [1.807, 2.05) is 17.0 Å². The molecule has 0 radical (unpaired) electrons. The molecule has 0 bridgehead atoms. The first-order valence-electron chi connectivity index (χ1n) is 12.2. The van der Waals surface area contributed by atoms with Crippen LogP contribution in [0.15, 0.2) is 42.7 Å². The molecule has 0 unspecified atom stereocenters. The molecule has 0 saturated carbocycles. The lowest BCUT2D eigenvalue weighted by Crippen LogP contribution is -2.41. The number of morpholine rings is 1. The van der Waals surface area contributed by atoms with Crippen molar-refractivity contribution >= 4 is 46.4 Å². The number of hydrogen-bond acceptors (Lipinski definition) is 8. The maximum absolute atomic E-state index is 13.2. The maximum atomic E-state index is 13.2. The predicted octanol–water partition coefficient (Wildman–Crippen LogP) is 3.91. The lowest BCUT2D eigenvalue weighted by atomic mass is 10.0. The number of nitrogens with zero attached hydrogens (tertiary/aromatic N) is 4. The molecule has 1 aliphatic heterocycles. The second kappa shape index (κ2) is 12.9. The third-order valence-corrected chi connectivity index (χ3v) is 6.71. The van der Waals surface area contributed by atoms with Crippen LogP contribution in [0.4, 0.5) is 17.3 Å². The van der Waals surface area contributed by atoms with Gasteiger partial charge in [0.15, 0.2) is 0 Å². The van der Waals surface area contributed by atoms with Gasteiger partial charge in [-0.2, -0.15) is 0 Å². The SMILES string of the molecule is Nc1nc(NCCCn2cc(C(=O)NCCN3CCOCC3)c(-c3ccc(Cl)cc3Cl)c2)ccc1[N+](=O)[O-]. The number of halogens is 2. The van der Waals surface area contributed by atoms with E-state index in [2.05, 4.69) is 20.5 Å². The van der Waals surface area contributed by atoms with Crippen LogP contribution in [-0.4, -0.2) is 71.2 Å². The van der Waals surface area contributed by atoms with E-state index in [0.29, 0.717) is 66.3 Å². The molecule has 2 aromatic heterocycles. The van der Waals surface area contributed by atoms with Crippen molar-refractivity contribution in [3.05, 3.63) is 68.4 Å². The van der Waals surface area contributed by atoms with Crippen molar-refractivity contribution < 1.29 is 14.5 Å². The molecule has 4 rings (SSSR count). The molecule has 1 saturated heterocycles. The number of hydrogen-bond donors (Lipinski definition) is 3. The Bertz CT molecular complexity index is 1290. The fraction of sp³-hybridized carbons (Fsp3) is 0.360. The number of benzene rings is 1. The van der Waals surface area contributed by atoms with E-state index >= 15 is 0 Å². The summed E-state index contributed by atoms with van der Waals surface area (Å²) >= 11 is 12.6. The van der Waals surface area contributed by atoms with Gasteiger partial charge in [0.05, 0.1) is 23.7 Å². The Morgan fingerprint density at radius 2 is 1.89 bits per heavy atom. The van der Waals surface area contributed by atoms with Crippen LogP contribution >= 0.6 is 23.2 Å². The number of amides is 1. The summed E-state index contributed by atoms with van der Waals surface area (Å²) in [5.41, 5.74) is 7.38. The summed E-state index contributed by atoms with van der Waals surface area (Å²) in [6.45, 7) is 5.54. The quantitative estimate of drug-likeness (QED) is 0.182. The van der Waals surface area contributed by atoms with Crippen LogP contribution in [-0.2, 0) is 11.3 Å². The van der Waals surface area contributed by atoms with Crippen LogP contribution in [0.3, 0.4) is 0 Å². The van der Waals surface area contributed by atoms with Gasteiger partial charge in [-0.15, -0.1) is 0 Å². The van der Waals surface area contributed by atoms with Gasteiger partial charge in [-0.25, -0.2) is 4.98 Å². The van der Waals surface area contributed by atoms with Crippen molar-refractivity contribution in [3.63, 3.8) is 0 Å². The number of anilines is 2. The minimum Gasteiger partial charge on any atom is -0.379 e. The summed E-state index contributed by atoms with van der Waals surface area (Å²) in [5.74, 6) is 0.135. The van der Waals surface area contributed by atoms with Crippen molar-refractivity contribution in [1.82, 2.24) is 19.8 Å². The smallest absolute Gasteiger partial charge is 0.311 e. The Hall–Kier alpha value is -3.38. The molecule has 3 aromatic rings. The number of carbonyl (C=O) groups is 1. The van der Waals surface area contributed by atoms with Crippen molar-refractivity contribution in [2.24, 2.45) is 0 Å². The van der Waals surface area contributed by atoms with Crippen molar-refractivity contribution in [2.45, 2.75) is 13.0 Å². The molecule has 202 valence electrons. The van der Waals surface area contributed by atoms with Gasteiger partial charge in [0.25, 0.3) is 5.91 Å². The van der Waals surface area contributed by atoms with Crippen LogP contribution in [0.5, 0.6) is 0 Å². The van der Waals surface area contributed by atoms with E-state index in [-0.39, 0.29) is 17.4 Å². The van der Waals surface area contributed by atoms with Crippen LogP contribution in [0.2, 0.25) is 10.0 Å². The second-order valence-corrected chi connectivity index (χ2v) is 9.64. The molecule has 1 amide bonds. The van der Waals surface area contributed by atoms with Crippen molar-refractivity contribution in [2.75, 3.05) is 57.0 Å². The minimum atomic E-state index is -0.570. The highest BCUT2D eigenvalue weighted by molar-refractivity contribution is 6.36. The number of nitrogens with two attached hydrogens (primary N) is 1. The van der Waals surface area contributed by atoms with Gasteiger partial charge >= 0.3 is 5.69 Å². The fourth-order valence-corrected chi connectivity index (χ4v) is 4.70. The molecular weight excluding hydrogens is 533 g/mol. The van der Waals surface area contributed by atoms with Crippen LogP contribution in [0.25, 0.3) is 11.1 Å². The van der Waals surface area contributed by atoms with E-state index in [4.69, 9.17) is 33.7 Å². The minimum absolute atomic E-state index is 0.140. The Morgan fingerprint density at radius 3 is 2.61 bits per heavy atom. The van der Waals surface area contributed by atoms with Crippen LogP contribution in [0, 0.1) is 10.1 Å². The largest absolute Gasteiger partial charge is 0.379 e. The molecule has 3 heterocycles.